The van der Waals surface area contributed by atoms with E-state index in [0.29, 0.717) is 6.54 Å². The standard InChI is InChI=1S/C15H23NO2S/c1-15(2)9-8-12-6-4-5-7-13(12)14(15)16-10-11-19(3,17)18/h4-7,14,16H,8-11H2,1-3H3. The SMILES string of the molecule is CC1(C)CCc2ccccc2C1NCCS(C)(=O)=O. The lowest BCUT2D eigenvalue weighted by molar-refractivity contribution is 0.212. The average molecular weight is 281 g/mol. The second-order valence-corrected chi connectivity index (χ2v) is 8.46. The summed E-state index contributed by atoms with van der Waals surface area (Å²) < 4.78 is 22.5. The molecule has 19 heavy (non-hydrogen) atoms. The summed E-state index contributed by atoms with van der Waals surface area (Å²) in [5.74, 6) is 0.196. The quantitative estimate of drug-likeness (QED) is 0.921. The van der Waals surface area contributed by atoms with Crippen molar-refractivity contribution in [1.29, 1.82) is 0 Å². The fourth-order valence-electron chi connectivity index (χ4n) is 2.84. The number of fused-ring (bicyclic) bond motifs is 1. The van der Waals surface area contributed by atoms with Crippen molar-refractivity contribution in [2.24, 2.45) is 5.41 Å². The van der Waals surface area contributed by atoms with Gasteiger partial charge in [0.2, 0.25) is 0 Å². The van der Waals surface area contributed by atoms with Gasteiger partial charge in [0.05, 0.1) is 5.75 Å². The third kappa shape index (κ3) is 3.57. The first-order valence-electron chi connectivity index (χ1n) is 6.78. The van der Waals surface area contributed by atoms with Crippen molar-refractivity contribution in [3.8, 4) is 0 Å². The van der Waals surface area contributed by atoms with Crippen LogP contribution in [0.3, 0.4) is 0 Å². The molecule has 0 aromatic heterocycles. The third-order valence-corrected chi connectivity index (χ3v) is 4.95. The Labute approximate surface area is 116 Å². The minimum absolute atomic E-state index is 0.159. The highest BCUT2D eigenvalue weighted by Gasteiger charge is 2.35. The van der Waals surface area contributed by atoms with E-state index in [4.69, 9.17) is 0 Å². The molecule has 0 spiro atoms. The monoisotopic (exact) mass is 281 g/mol. The van der Waals surface area contributed by atoms with Gasteiger partial charge in [0, 0.05) is 18.8 Å². The molecule has 1 aromatic carbocycles. The Morgan fingerprint density at radius 2 is 2.00 bits per heavy atom. The Morgan fingerprint density at radius 3 is 2.68 bits per heavy atom. The van der Waals surface area contributed by atoms with E-state index in [1.165, 1.54) is 17.4 Å². The summed E-state index contributed by atoms with van der Waals surface area (Å²) in [7, 11) is -2.90. The number of nitrogens with one attached hydrogen (secondary N) is 1. The van der Waals surface area contributed by atoms with Gasteiger partial charge in [0.1, 0.15) is 9.84 Å². The highest BCUT2D eigenvalue weighted by Crippen LogP contribution is 2.43. The first-order chi connectivity index (χ1) is 8.80. The molecule has 1 atom stereocenters. The Balaban J connectivity index is 2.16. The average Bonchev–Trinajstić information content (AvgIpc) is 2.30. The van der Waals surface area contributed by atoms with Gasteiger partial charge < -0.3 is 5.32 Å². The molecule has 0 saturated carbocycles. The summed E-state index contributed by atoms with van der Waals surface area (Å²) in [6.45, 7) is 5.02. The molecule has 0 bridgehead atoms. The van der Waals surface area contributed by atoms with Crippen LogP contribution in [0.1, 0.15) is 37.4 Å². The minimum atomic E-state index is -2.90. The lowest BCUT2D eigenvalue weighted by Crippen LogP contribution is -2.39. The van der Waals surface area contributed by atoms with E-state index >= 15 is 0 Å². The maximum absolute atomic E-state index is 11.2. The number of hydrogen-bond donors (Lipinski definition) is 1. The van der Waals surface area contributed by atoms with Crippen molar-refractivity contribution < 1.29 is 8.42 Å². The molecule has 2 rings (SSSR count). The van der Waals surface area contributed by atoms with Crippen LogP contribution in [0.5, 0.6) is 0 Å². The van der Waals surface area contributed by atoms with Crippen molar-refractivity contribution in [2.45, 2.75) is 32.7 Å². The van der Waals surface area contributed by atoms with E-state index in [0.717, 1.165) is 12.8 Å². The van der Waals surface area contributed by atoms with E-state index < -0.39 is 9.84 Å². The largest absolute Gasteiger partial charge is 0.308 e. The number of aryl methyl sites for hydroxylation is 1. The van der Waals surface area contributed by atoms with Crippen molar-refractivity contribution in [3.05, 3.63) is 35.4 Å². The van der Waals surface area contributed by atoms with Gasteiger partial charge in [-0.3, -0.25) is 0 Å². The first kappa shape index (κ1) is 14.5. The maximum Gasteiger partial charge on any atom is 0.148 e. The predicted octanol–water partition coefficient (Wildman–Crippen LogP) is 2.33. The molecular weight excluding hydrogens is 258 g/mol. The Kier molecular flexibility index (Phi) is 4.02. The molecule has 0 amide bonds. The third-order valence-electron chi connectivity index (χ3n) is 4.01. The number of sulfone groups is 1. The van der Waals surface area contributed by atoms with Crippen molar-refractivity contribution in [1.82, 2.24) is 5.32 Å². The predicted molar refractivity (Wildman–Crippen MR) is 79.0 cm³/mol. The molecule has 0 radical (unpaired) electrons. The molecule has 0 fully saturated rings. The Hall–Kier alpha value is -0.870. The lowest BCUT2D eigenvalue weighted by atomic mass is 9.70. The fourth-order valence-corrected chi connectivity index (χ4v) is 3.33. The zero-order valence-electron chi connectivity index (χ0n) is 11.9. The molecule has 0 heterocycles. The molecule has 1 N–H and O–H groups in total. The van der Waals surface area contributed by atoms with E-state index in [1.54, 1.807) is 0 Å². The van der Waals surface area contributed by atoms with Crippen LogP contribution in [0, 0.1) is 5.41 Å². The molecule has 1 aromatic rings. The fraction of sp³-hybridized carbons (Fsp3) is 0.600. The van der Waals surface area contributed by atoms with E-state index in [9.17, 15) is 8.42 Å². The van der Waals surface area contributed by atoms with E-state index in [2.05, 4.69) is 43.4 Å². The summed E-state index contributed by atoms with van der Waals surface area (Å²) in [5, 5.41) is 3.45. The molecule has 1 unspecified atom stereocenters. The minimum Gasteiger partial charge on any atom is -0.308 e. The number of hydrogen-bond acceptors (Lipinski definition) is 3. The summed E-state index contributed by atoms with van der Waals surface area (Å²) in [4.78, 5) is 0. The normalized spacial score (nSPS) is 21.9. The van der Waals surface area contributed by atoms with Gasteiger partial charge in [-0.1, -0.05) is 38.1 Å². The van der Waals surface area contributed by atoms with Crippen molar-refractivity contribution in [2.75, 3.05) is 18.6 Å². The van der Waals surface area contributed by atoms with Gasteiger partial charge in [-0.15, -0.1) is 0 Å². The van der Waals surface area contributed by atoms with Crippen LogP contribution in [0.4, 0.5) is 0 Å². The van der Waals surface area contributed by atoms with Crippen LogP contribution in [0.15, 0.2) is 24.3 Å². The first-order valence-corrected chi connectivity index (χ1v) is 8.84. The van der Waals surface area contributed by atoms with Gasteiger partial charge in [0.25, 0.3) is 0 Å². The van der Waals surface area contributed by atoms with Gasteiger partial charge in [-0.2, -0.15) is 0 Å². The van der Waals surface area contributed by atoms with Crippen LogP contribution in [0.2, 0.25) is 0 Å². The molecule has 106 valence electrons. The molecule has 0 saturated heterocycles. The second kappa shape index (κ2) is 5.25. The highest BCUT2D eigenvalue weighted by atomic mass is 32.2. The van der Waals surface area contributed by atoms with Crippen molar-refractivity contribution in [3.63, 3.8) is 0 Å². The molecule has 3 nitrogen and oxygen atoms in total. The molecular formula is C15H23NO2S. The lowest BCUT2D eigenvalue weighted by Gasteiger charge is -2.40. The Bertz CT molecular complexity index is 549. The van der Waals surface area contributed by atoms with Gasteiger partial charge >= 0.3 is 0 Å². The topological polar surface area (TPSA) is 46.2 Å². The zero-order valence-corrected chi connectivity index (χ0v) is 12.8. The summed E-state index contributed by atoms with van der Waals surface area (Å²) in [5.41, 5.74) is 2.87. The van der Waals surface area contributed by atoms with Crippen LogP contribution in [0.25, 0.3) is 0 Å². The molecule has 0 aliphatic heterocycles. The summed E-state index contributed by atoms with van der Waals surface area (Å²) in [6, 6.07) is 8.71. The van der Waals surface area contributed by atoms with Gasteiger partial charge in [-0.25, -0.2) is 8.42 Å². The summed E-state index contributed by atoms with van der Waals surface area (Å²) in [6.07, 6.45) is 3.52. The van der Waals surface area contributed by atoms with Gasteiger partial charge in [0.15, 0.2) is 0 Å². The molecule has 1 aliphatic carbocycles. The van der Waals surface area contributed by atoms with Crippen LogP contribution >= 0.6 is 0 Å². The van der Waals surface area contributed by atoms with E-state index in [1.807, 2.05) is 0 Å². The zero-order chi connectivity index (χ0) is 14.1. The van der Waals surface area contributed by atoms with E-state index in [-0.39, 0.29) is 17.2 Å². The molecule has 4 heteroatoms. The second-order valence-electron chi connectivity index (χ2n) is 6.20. The van der Waals surface area contributed by atoms with Gasteiger partial charge in [-0.05, 0) is 29.4 Å². The van der Waals surface area contributed by atoms with Crippen LogP contribution < -0.4 is 5.32 Å². The number of benzene rings is 1. The van der Waals surface area contributed by atoms with Crippen molar-refractivity contribution >= 4 is 9.84 Å². The van der Waals surface area contributed by atoms with Crippen LogP contribution in [-0.4, -0.2) is 27.0 Å². The maximum atomic E-state index is 11.2. The molecule has 1 aliphatic rings. The smallest absolute Gasteiger partial charge is 0.148 e. The Morgan fingerprint density at radius 1 is 1.32 bits per heavy atom. The summed E-state index contributed by atoms with van der Waals surface area (Å²) >= 11 is 0. The number of rotatable bonds is 4. The van der Waals surface area contributed by atoms with Crippen LogP contribution in [-0.2, 0) is 16.3 Å². The highest BCUT2D eigenvalue weighted by molar-refractivity contribution is 7.90.